The lowest BCUT2D eigenvalue weighted by Gasteiger charge is -2.37. The number of hydrogen-bond acceptors (Lipinski definition) is 8. The molecule has 0 amide bonds. The van der Waals surface area contributed by atoms with E-state index < -0.39 is 17.6 Å². The quantitative estimate of drug-likeness (QED) is 0.567. The number of ether oxygens (including phenoxy) is 1. The molecule has 3 aromatic rings. The Bertz CT molecular complexity index is 1150. The summed E-state index contributed by atoms with van der Waals surface area (Å²) in [7, 11) is 1.57. The number of aryl methyl sites for hydroxylation is 2. The second-order valence-electron chi connectivity index (χ2n) is 8.38. The molecule has 33 heavy (non-hydrogen) atoms. The van der Waals surface area contributed by atoms with Crippen LogP contribution in [0.2, 0.25) is 0 Å². The van der Waals surface area contributed by atoms with E-state index in [1.54, 1.807) is 14.0 Å². The van der Waals surface area contributed by atoms with Crippen LogP contribution >= 0.6 is 0 Å². The molecule has 9 nitrogen and oxygen atoms in total. The molecule has 176 valence electrons. The van der Waals surface area contributed by atoms with Gasteiger partial charge in [-0.1, -0.05) is 5.16 Å². The van der Waals surface area contributed by atoms with Crippen molar-refractivity contribution >= 4 is 12.0 Å². The third-order valence-corrected chi connectivity index (χ3v) is 6.09. The number of fused-ring (bicyclic) bond motifs is 2. The summed E-state index contributed by atoms with van der Waals surface area (Å²) in [6, 6.07) is 3.07. The van der Waals surface area contributed by atoms with Gasteiger partial charge in [0, 0.05) is 26.2 Å². The molecule has 1 aliphatic carbocycles. The third-order valence-electron chi connectivity index (χ3n) is 6.09. The van der Waals surface area contributed by atoms with E-state index in [-0.39, 0.29) is 17.8 Å². The Kier molecular flexibility index (Phi) is 5.13. The van der Waals surface area contributed by atoms with Crippen LogP contribution in [0, 0.1) is 24.6 Å². The smallest absolute Gasteiger partial charge is 0.419 e. The largest absolute Gasteiger partial charge is 0.424 e. The Morgan fingerprint density at radius 3 is 2.52 bits per heavy atom. The van der Waals surface area contributed by atoms with Gasteiger partial charge < -0.3 is 19.5 Å². The van der Waals surface area contributed by atoms with E-state index >= 15 is 0 Å². The maximum Gasteiger partial charge on any atom is 0.419 e. The average molecular weight is 467 g/mol. The highest BCUT2D eigenvalue weighted by molar-refractivity contribution is 5.36. The number of nitrogens with zero attached hydrogens (tertiary/aromatic N) is 6. The predicted molar refractivity (Wildman–Crippen MR) is 107 cm³/mol. The van der Waals surface area contributed by atoms with E-state index in [1.165, 1.54) is 4.68 Å². The fourth-order valence-electron chi connectivity index (χ4n) is 4.59. The number of nitrogens with one attached hydrogen (secondary N) is 1. The average Bonchev–Trinajstić information content (AvgIpc) is 3.38. The molecule has 2 aromatic heterocycles. The molecule has 0 spiro atoms. The van der Waals surface area contributed by atoms with Crippen LogP contribution in [0.25, 0.3) is 0 Å². The Morgan fingerprint density at radius 1 is 1.15 bits per heavy atom. The number of hydrogen-bond donors (Lipinski definition) is 1. The molecule has 1 aliphatic heterocycles. The molecule has 5 rings (SSSR count). The van der Waals surface area contributed by atoms with Crippen molar-refractivity contribution in [2.75, 3.05) is 23.3 Å². The summed E-state index contributed by atoms with van der Waals surface area (Å²) in [6.07, 6.45) is -2.78. The van der Waals surface area contributed by atoms with Crippen molar-refractivity contribution in [3.05, 3.63) is 35.4 Å². The zero-order valence-corrected chi connectivity index (χ0v) is 17.8. The topological polar surface area (TPSA) is 94.1 Å². The lowest BCUT2D eigenvalue weighted by Crippen LogP contribution is -2.48. The van der Waals surface area contributed by atoms with E-state index in [0.29, 0.717) is 41.8 Å². The van der Waals surface area contributed by atoms with E-state index in [1.807, 2.05) is 0 Å². The molecule has 3 heterocycles. The Labute approximate surface area is 185 Å². The standard InChI is InChI=1S/C20H21F4N7O2/c1-10-25-19(33-29-10)31-8-11-3-4-12(9-31)16(11)26-17-27-18(30(2)28-17)32-13-5-6-15(21)14(7-13)20(22,23)24/h5-7,11-12,16H,3-4,8-9H2,1-2H3,(H,26,28)/t11-,12+,16+. The molecule has 1 aromatic carbocycles. The van der Waals surface area contributed by atoms with Crippen molar-refractivity contribution in [3.63, 3.8) is 0 Å². The lowest BCUT2D eigenvalue weighted by molar-refractivity contribution is -0.140. The maximum atomic E-state index is 13.5. The van der Waals surface area contributed by atoms with Gasteiger partial charge in [-0.25, -0.2) is 9.07 Å². The van der Waals surface area contributed by atoms with Gasteiger partial charge in [0.05, 0.1) is 5.56 Å². The van der Waals surface area contributed by atoms with Crippen LogP contribution < -0.4 is 15.0 Å². The van der Waals surface area contributed by atoms with E-state index in [9.17, 15) is 17.6 Å². The van der Waals surface area contributed by atoms with E-state index in [2.05, 4.69) is 30.4 Å². The minimum atomic E-state index is -4.83. The first-order chi connectivity index (χ1) is 15.7. The van der Waals surface area contributed by atoms with Crippen LogP contribution in [0.5, 0.6) is 11.8 Å². The number of alkyl halides is 3. The fraction of sp³-hybridized carbons (Fsp3) is 0.500. The van der Waals surface area contributed by atoms with Gasteiger partial charge in [-0.3, -0.25) is 0 Å². The molecular weight excluding hydrogens is 446 g/mol. The van der Waals surface area contributed by atoms with Gasteiger partial charge in [0.1, 0.15) is 11.6 Å². The van der Waals surface area contributed by atoms with Crippen molar-refractivity contribution < 1.29 is 26.8 Å². The molecule has 1 saturated carbocycles. The Balaban J connectivity index is 1.28. The van der Waals surface area contributed by atoms with Crippen LogP contribution in [-0.2, 0) is 13.2 Å². The molecule has 3 atom stereocenters. The summed E-state index contributed by atoms with van der Waals surface area (Å²) in [5, 5.41) is 11.5. The molecule has 13 heteroatoms. The van der Waals surface area contributed by atoms with Gasteiger partial charge in [-0.05, 0) is 49.8 Å². The molecule has 1 saturated heterocycles. The number of aromatic nitrogens is 5. The molecule has 2 bridgehead atoms. The van der Waals surface area contributed by atoms with Crippen LogP contribution in [-0.4, -0.2) is 44.0 Å². The van der Waals surface area contributed by atoms with E-state index in [4.69, 9.17) is 9.26 Å². The van der Waals surface area contributed by atoms with Gasteiger partial charge in [-0.2, -0.15) is 23.1 Å². The monoisotopic (exact) mass is 467 g/mol. The molecule has 2 fully saturated rings. The molecule has 0 radical (unpaired) electrons. The van der Waals surface area contributed by atoms with Crippen molar-refractivity contribution in [1.82, 2.24) is 24.9 Å². The second kappa shape index (κ2) is 7.89. The van der Waals surface area contributed by atoms with Crippen molar-refractivity contribution in [2.45, 2.75) is 32.0 Å². The number of anilines is 2. The molecule has 0 unspecified atom stereocenters. The Hall–Kier alpha value is -3.38. The first-order valence-corrected chi connectivity index (χ1v) is 10.4. The maximum absolute atomic E-state index is 13.5. The summed E-state index contributed by atoms with van der Waals surface area (Å²) in [6.45, 7) is 3.28. The predicted octanol–water partition coefficient (Wildman–Crippen LogP) is 3.78. The van der Waals surface area contributed by atoms with Gasteiger partial charge in [0.25, 0.3) is 0 Å². The summed E-state index contributed by atoms with van der Waals surface area (Å²) in [4.78, 5) is 10.7. The highest BCUT2D eigenvalue weighted by atomic mass is 19.4. The summed E-state index contributed by atoms with van der Waals surface area (Å²) in [5.74, 6) is -0.0196. The van der Waals surface area contributed by atoms with Crippen molar-refractivity contribution in [3.8, 4) is 11.8 Å². The highest BCUT2D eigenvalue weighted by Crippen LogP contribution is 2.40. The van der Waals surface area contributed by atoms with Crippen LogP contribution in [0.4, 0.5) is 29.5 Å². The first-order valence-electron chi connectivity index (χ1n) is 10.4. The normalized spacial score (nSPS) is 22.6. The van der Waals surface area contributed by atoms with Crippen molar-refractivity contribution in [1.29, 1.82) is 0 Å². The first kappa shape index (κ1) is 21.5. The second-order valence-corrected chi connectivity index (χ2v) is 8.38. The van der Waals surface area contributed by atoms with Crippen LogP contribution in [0.1, 0.15) is 24.2 Å². The van der Waals surface area contributed by atoms with Gasteiger partial charge in [0.15, 0.2) is 5.82 Å². The molecular formula is C20H21F4N7O2. The van der Waals surface area contributed by atoms with Crippen LogP contribution in [0.15, 0.2) is 22.7 Å². The Morgan fingerprint density at radius 2 is 1.88 bits per heavy atom. The van der Waals surface area contributed by atoms with Gasteiger partial charge in [0.2, 0.25) is 5.95 Å². The summed E-state index contributed by atoms with van der Waals surface area (Å²) in [5.41, 5.74) is -1.40. The number of benzene rings is 1. The van der Waals surface area contributed by atoms with Crippen molar-refractivity contribution in [2.24, 2.45) is 18.9 Å². The van der Waals surface area contributed by atoms with Gasteiger partial charge in [-0.15, -0.1) is 5.10 Å². The molecule has 2 aliphatic rings. The molecule has 1 N–H and O–H groups in total. The number of rotatable bonds is 5. The minimum Gasteiger partial charge on any atom is -0.424 e. The zero-order chi connectivity index (χ0) is 23.3. The SMILES string of the molecule is Cc1noc(N2C[C@H]3CC[C@@H](C2)[C@H]3Nc2nc(Oc3ccc(F)c(C(F)(F)F)c3)n(C)n2)n1. The van der Waals surface area contributed by atoms with Crippen LogP contribution in [0.3, 0.4) is 0 Å². The summed E-state index contributed by atoms with van der Waals surface area (Å²) < 4.78 is 64.5. The zero-order valence-electron chi connectivity index (χ0n) is 17.8. The number of piperidine rings is 1. The number of halogens is 4. The third kappa shape index (κ3) is 4.18. The minimum absolute atomic E-state index is 0.0108. The highest BCUT2D eigenvalue weighted by Gasteiger charge is 2.44. The summed E-state index contributed by atoms with van der Waals surface area (Å²) >= 11 is 0. The fourth-order valence-corrected chi connectivity index (χ4v) is 4.59. The lowest BCUT2D eigenvalue weighted by atomic mass is 9.92. The van der Waals surface area contributed by atoms with E-state index in [0.717, 1.165) is 32.0 Å². The van der Waals surface area contributed by atoms with Gasteiger partial charge >= 0.3 is 18.2 Å².